The first-order valence-electron chi connectivity index (χ1n) is 10.9. The van der Waals surface area contributed by atoms with E-state index in [1.807, 2.05) is 12.1 Å². The van der Waals surface area contributed by atoms with E-state index in [1.54, 1.807) is 36.4 Å². The van der Waals surface area contributed by atoms with Gasteiger partial charge in [0.25, 0.3) is 5.91 Å². The van der Waals surface area contributed by atoms with Gasteiger partial charge < -0.3 is 15.1 Å². The number of carbonyl (C=O) groups excluding carboxylic acids is 2. The lowest BCUT2D eigenvalue weighted by molar-refractivity contribution is -0.116. The number of amides is 2. The standard InChI is InChI=1S/C25H29N3O5S/c1-25(2,3)19-11-9-18(10-12-19)24(30)26-14-13-23(29)28-20-6-4-8-22(16-20)34(31,32)27-17-21-7-5-15-33-21/h4-12,15-16,27H,13-14,17H2,1-3H3,(H,26,30)(H,28,29). The van der Waals surface area contributed by atoms with E-state index in [0.29, 0.717) is 17.0 Å². The summed E-state index contributed by atoms with van der Waals surface area (Å²) in [6.45, 7) is 6.47. The molecule has 0 aliphatic heterocycles. The van der Waals surface area contributed by atoms with E-state index in [2.05, 4.69) is 36.1 Å². The highest BCUT2D eigenvalue weighted by Crippen LogP contribution is 2.22. The average Bonchev–Trinajstić information content (AvgIpc) is 3.31. The fourth-order valence-electron chi connectivity index (χ4n) is 3.14. The molecule has 1 heterocycles. The van der Waals surface area contributed by atoms with Crippen molar-refractivity contribution in [2.24, 2.45) is 0 Å². The Kier molecular flexibility index (Phi) is 7.90. The molecular formula is C25H29N3O5S. The monoisotopic (exact) mass is 483 g/mol. The van der Waals surface area contributed by atoms with Crippen LogP contribution in [0.2, 0.25) is 0 Å². The predicted octanol–water partition coefficient (Wildman–Crippen LogP) is 3.81. The van der Waals surface area contributed by atoms with Crippen LogP contribution in [-0.2, 0) is 26.8 Å². The van der Waals surface area contributed by atoms with Gasteiger partial charge in [-0.05, 0) is 53.4 Å². The molecule has 0 saturated carbocycles. The molecule has 3 aromatic rings. The fraction of sp³-hybridized carbons (Fsp3) is 0.280. The van der Waals surface area contributed by atoms with Crippen LogP contribution in [0.25, 0.3) is 0 Å². The first-order chi connectivity index (χ1) is 16.0. The maximum absolute atomic E-state index is 12.5. The minimum atomic E-state index is -3.78. The maximum Gasteiger partial charge on any atom is 0.251 e. The number of hydrogen-bond acceptors (Lipinski definition) is 5. The zero-order chi connectivity index (χ0) is 24.8. The van der Waals surface area contributed by atoms with Gasteiger partial charge in [0.05, 0.1) is 17.7 Å². The molecule has 8 nitrogen and oxygen atoms in total. The highest BCUT2D eigenvalue weighted by molar-refractivity contribution is 7.89. The zero-order valence-corrected chi connectivity index (χ0v) is 20.2. The third-order valence-corrected chi connectivity index (χ3v) is 6.49. The maximum atomic E-state index is 12.5. The molecule has 0 bridgehead atoms. The highest BCUT2D eigenvalue weighted by atomic mass is 32.2. The van der Waals surface area contributed by atoms with Crippen LogP contribution in [0.1, 0.15) is 48.9 Å². The quantitative estimate of drug-likeness (QED) is 0.428. The van der Waals surface area contributed by atoms with Gasteiger partial charge in [-0.15, -0.1) is 0 Å². The van der Waals surface area contributed by atoms with Crippen LogP contribution >= 0.6 is 0 Å². The molecule has 0 unspecified atom stereocenters. The summed E-state index contributed by atoms with van der Waals surface area (Å²) in [5.41, 5.74) is 1.99. The van der Waals surface area contributed by atoms with E-state index in [9.17, 15) is 18.0 Å². The van der Waals surface area contributed by atoms with Gasteiger partial charge in [0.1, 0.15) is 5.76 Å². The van der Waals surface area contributed by atoms with E-state index >= 15 is 0 Å². The summed E-state index contributed by atoms with van der Waals surface area (Å²) in [6.07, 6.45) is 1.50. The molecule has 3 N–H and O–H groups in total. The van der Waals surface area contributed by atoms with Crippen molar-refractivity contribution in [1.29, 1.82) is 0 Å². The number of benzene rings is 2. The number of hydrogen-bond donors (Lipinski definition) is 3. The van der Waals surface area contributed by atoms with Crippen molar-refractivity contribution >= 4 is 27.5 Å². The zero-order valence-electron chi connectivity index (χ0n) is 19.4. The van der Waals surface area contributed by atoms with E-state index in [4.69, 9.17) is 4.42 Å². The van der Waals surface area contributed by atoms with E-state index < -0.39 is 10.0 Å². The Hall–Kier alpha value is -3.43. The van der Waals surface area contributed by atoms with Crippen LogP contribution in [0.5, 0.6) is 0 Å². The Morgan fingerprint density at radius 3 is 2.35 bits per heavy atom. The third kappa shape index (κ3) is 7.03. The molecule has 0 aliphatic rings. The molecule has 180 valence electrons. The van der Waals surface area contributed by atoms with Crippen molar-refractivity contribution in [2.75, 3.05) is 11.9 Å². The summed E-state index contributed by atoms with van der Waals surface area (Å²) in [6, 6.07) is 16.7. The molecular weight excluding hydrogens is 454 g/mol. The normalized spacial score (nSPS) is 11.7. The molecule has 0 atom stereocenters. The Morgan fingerprint density at radius 2 is 1.71 bits per heavy atom. The van der Waals surface area contributed by atoms with Crippen LogP contribution in [-0.4, -0.2) is 26.8 Å². The fourth-order valence-corrected chi connectivity index (χ4v) is 4.18. The second-order valence-electron chi connectivity index (χ2n) is 8.81. The molecule has 3 rings (SSSR count). The second kappa shape index (κ2) is 10.7. The highest BCUT2D eigenvalue weighted by Gasteiger charge is 2.16. The van der Waals surface area contributed by atoms with Crippen LogP contribution in [0.3, 0.4) is 0 Å². The number of nitrogens with one attached hydrogen (secondary N) is 3. The van der Waals surface area contributed by atoms with Crippen LogP contribution in [0.4, 0.5) is 5.69 Å². The van der Waals surface area contributed by atoms with Gasteiger partial charge in [-0.25, -0.2) is 13.1 Å². The molecule has 0 spiro atoms. The number of rotatable bonds is 9. The van der Waals surface area contributed by atoms with Crippen LogP contribution < -0.4 is 15.4 Å². The summed E-state index contributed by atoms with van der Waals surface area (Å²) < 4.78 is 32.6. The van der Waals surface area contributed by atoms with Crippen molar-refractivity contribution in [1.82, 2.24) is 10.0 Å². The largest absolute Gasteiger partial charge is 0.468 e. The summed E-state index contributed by atoms with van der Waals surface area (Å²) in [7, 11) is -3.78. The average molecular weight is 484 g/mol. The predicted molar refractivity (Wildman–Crippen MR) is 130 cm³/mol. The topological polar surface area (TPSA) is 118 Å². The molecule has 9 heteroatoms. The Morgan fingerprint density at radius 1 is 0.971 bits per heavy atom. The second-order valence-corrected chi connectivity index (χ2v) is 10.6. The van der Waals surface area contributed by atoms with Gasteiger partial charge in [0.2, 0.25) is 15.9 Å². The minimum Gasteiger partial charge on any atom is -0.468 e. The Bertz CT molecular complexity index is 1230. The van der Waals surface area contributed by atoms with Gasteiger partial charge in [-0.1, -0.05) is 39.0 Å². The number of carbonyl (C=O) groups is 2. The van der Waals surface area contributed by atoms with Crippen LogP contribution in [0, 0.1) is 0 Å². The molecule has 2 amide bonds. The summed E-state index contributed by atoms with van der Waals surface area (Å²) in [5.74, 6) is -0.120. The van der Waals surface area contributed by atoms with Gasteiger partial charge in [0.15, 0.2) is 0 Å². The van der Waals surface area contributed by atoms with Crippen molar-refractivity contribution in [3.63, 3.8) is 0 Å². The first kappa shape index (κ1) is 25.2. The number of furan rings is 1. The van der Waals surface area contributed by atoms with Crippen LogP contribution in [0.15, 0.2) is 76.2 Å². The van der Waals surface area contributed by atoms with Crippen molar-refractivity contribution in [3.8, 4) is 0 Å². The molecule has 2 aromatic carbocycles. The van der Waals surface area contributed by atoms with Gasteiger partial charge >= 0.3 is 0 Å². The lowest BCUT2D eigenvalue weighted by atomic mass is 9.87. The Balaban J connectivity index is 1.49. The molecule has 0 fully saturated rings. The third-order valence-electron chi connectivity index (χ3n) is 5.10. The first-order valence-corrected chi connectivity index (χ1v) is 12.3. The van der Waals surface area contributed by atoms with Crippen molar-refractivity contribution in [3.05, 3.63) is 83.8 Å². The summed E-state index contributed by atoms with van der Waals surface area (Å²) >= 11 is 0. The van der Waals surface area contributed by atoms with Gasteiger partial charge in [0, 0.05) is 24.2 Å². The van der Waals surface area contributed by atoms with E-state index in [0.717, 1.165) is 5.56 Å². The molecule has 0 aliphatic carbocycles. The van der Waals surface area contributed by atoms with Crippen molar-refractivity contribution < 1.29 is 22.4 Å². The molecule has 0 saturated heterocycles. The smallest absolute Gasteiger partial charge is 0.251 e. The lowest BCUT2D eigenvalue weighted by Gasteiger charge is -2.19. The van der Waals surface area contributed by atoms with E-state index in [1.165, 1.54) is 18.4 Å². The summed E-state index contributed by atoms with van der Waals surface area (Å²) in [5, 5.41) is 5.39. The van der Waals surface area contributed by atoms with Gasteiger partial charge in [-0.2, -0.15) is 0 Å². The summed E-state index contributed by atoms with van der Waals surface area (Å²) in [4.78, 5) is 24.6. The van der Waals surface area contributed by atoms with E-state index in [-0.39, 0.29) is 41.6 Å². The Labute approximate surface area is 199 Å². The molecule has 34 heavy (non-hydrogen) atoms. The molecule has 0 radical (unpaired) electrons. The number of sulfonamides is 1. The van der Waals surface area contributed by atoms with Gasteiger partial charge in [-0.3, -0.25) is 9.59 Å². The SMILES string of the molecule is CC(C)(C)c1ccc(C(=O)NCCC(=O)Nc2cccc(S(=O)(=O)NCc3ccco3)c2)cc1. The lowest BCUT2D eigenvalue weighted by Crippen LogP contribution is -2.28. The minimum absolute atomic E-state index is 0.000781. The van der Waals surface area contributed by atoms with Crippen molar-refractivity contribution in [2.45, 2.75) is 44.0 Å². The number of anilines is 1. The molecule has 1 aromatic heterocycles.